The van der Waals surface area contributed by atoms with E-state index in [1.165, 1.54) is 12.3 Å². The molecule has 0 spiro atoms. The lowest BCUT2D eigenvalue weighted by molar-refractivity contribution is 0.213. The molecule has 1 atom stereocenters. The summed E-state index contributed by atoms with van der Waals surface area (Å²) < 4.78 is 13.3. The Bertz CT molecular complexity index is 485. The Morgan fingerprint density at radius 2 is 1.88 bits per heavy atom. The summed E-state index contributed by atoms with van der Waals surface area (Å²) in [6, 6.07) is 10.4. The number of pyridine rings is 1. The van der Waals surface area contributed by atoms with Crippen LogP contribution >= 0.6 is 0 Å². The van der Waals surface area contributed by atoms with Gasteiger partial charge in [-0.05, 0) is 18.6 Å². The third kappa shape index (κ3) is 1.95. The van der Waals surface area contributed by atoms with Crippen LogP contribution < -0.4 is 0 Å². The average molecular weight is 217 g/mol. The highest BCUT2D eigenvalue weighted by molar-refractivity contribution is 5.30. The minimum absolute atomic E-state index is 0.347. The maximum atomic E-state index is 13.3. The number of benzene rings is 1. The zero-order valence-corrected chi connectivity index (χ0v) is 8.89. The molecule has 16 heavy (non-hydrogen) atoms. The van der Waals surface area contributed by atoms with Gasteiger partial charge in [0.15, 0.2) is 0 Å². The highest BCUT2D eigenvalue weighted by Crippen LogP contribution is 2.23. The van der Waals surface area contributed by atoms with Crippen molar-refractivity contribution in [1.82, 2.24) is 4.98 Å². The van der Waals surface area contributed by atoms with Gasteiger partial charge in [-0.1, -0.05) is 30.3 Å². The molecule has 2 aromatic rings. The molecular formula is C13H12FNO. The number of aliphatic hydroxyl groups is 1. The van der Waals surface area contributed by atoms with Crippen molar-refractivity contribution in [2.24, 2.45) is 0 Å². The van der Waals surface area contributed by atoms with Gasteiger partial charge in [-0.2, -0.15) is 0 Å². The van der Waals surface area contributed by atoms with Gasteiger partial charge in [-0.15, -0.1) is 0 Å². The van der Waals surface area contributed by atoms with Gasteiger partial charge in [0.2, 0.25) is 0 Å². The van der Waals surface area contributed by atoms with Crippen LogP contribution in [-0.2, 0) is 0 Å². The first-order valence-corrected chi connectivity index (χ1v) is 5.04. The lowest BCUT2D eigenvalue weighted by Crippen LogP contribution is -2.05. The van der Waals surface area contributed by atoms with Crippen LogP contribution in [0.15, 0.2) is 42.6 Å². The predicted molar refractivity (Wildman–Crippen MR) is 59.4 cm³/mol. The second-order valence-electron chi connectivity index (χ2n) is 3.62. The molecule has 0 aliphatic carbocycles. The standard InChI is InChI=1S/C13H12FNO/c1-9-11(14)7-8-15-12(9)13(16)10-5-3-2-4-6-10/h2-8,13,16H,1H3. The van der Waals surface area contributed by atoms with Gasteiger partial charge >= 0.3 is 0 Å². The van der Waals surface area contributed by atoms with Crippen molar-refractivity contribution < 1.29 is 9.50 Å². The normalized spacial score (nSPS) is 12.4. The van der Waals surface area contributed by atoms with Gasteiger partial charge in [0.25, 0.3) is 0 Å². The van der Waals surface area contributed by atoms with Crippen LogP contribution in [0, 0.1) is 12.7 Å². The zero-order chi connectivity index (χ0) is 11.5. The summed E-state index contributed by atoms with van der Waals surface area (Å²) in [5.74, 6) is -0.347. The zero-order valence-electron chi connectivity index (χ0n) is 8.89. The van der Waals surface area contributed by atoms with Crippen LogP contribution in [0.25, 0.3) is 0 Å². The van der Waals surface area contributed by atoms with E-state index >= 15 is 0 Å². The van der Waals surface area contributed by atoms with E-state index in [0.29, 0.717) is 16.8 Å². The molecule has 1 unspecified atom stereocenters. The third-order valence-corrected chi connectivity index (χ3v) is 2.55. The SMILES string of the molecule is Cc1c(F)ccnc1C(O)c1ccccc1. The first-order chi connectivity index (χ1) is 7.70. The number of nitrogens with zero attached hydrogens (tertiary/aromatic N) is 1. The molecule has 2 nitrogen and oxygen atoms in total. The maximum absolute atomic E-state index is 13.3. The van der Waals surface area contributed by atoms with Gasteiger partial charge in [0.05, 0.1) is 5.69 Å². The molecule has 0 fully saturated rings. The molecule has 1 aromatic heterocycles. The molecular weight excluding hydrogens is 205 g/mol. The second-order valence-corrected chi connectivity index (χ2v) is 3.62. The maximum Gasteiger partial charge on any atom is 0.129 e. The molecule has 2 rings (SSSR count). The molecule has 0 aliphatic heterocycles. The van der Waals surface area contributed by atoms with Crippen molar-refractivity contribution >= 4 is 0 Å². The largest absolute Gasteiger partial charge is 0.382 e. The van der Waals surface area contributed by atoms with E-state index in [1.54, 1.807) is 19.1 Å². The minimum Gasteiger partial charge on any atom is -0.382 e. The minimum atomic E-state index is -0.878. The predicted octanol–water partition coefficient (Wildman–Crippen LogP) is 2.61. The molecule has 0 bridgehead atoms. The number of aliphatic hydroxyl groups excluding tert-OH is 1. The summed E-state index contributed by atoms with van der Waals surface area (Å²) >= 11 is 0. The second kappa shape index (κ2) is 4.41. The molecule has 1 aromatic carbocycles. The molecule has 1 N–H and O–H groups in total. The fourth-order valence-corrected chi connectivity index (χ4v) is 1.60. The third-order valence-electron chi connectivity index (χ3n) is 2.55. The summed E-state index contributed by atoms with van der Waals surface area (Å²) in [5.41, 5.74) is 1.47. The van der Waals surface area contributed by atoms with Gasteiger partial charge in [0.1, 0.15) is 11.9 Å². The first-order valence-electron chi connectivity index (χ1n) is 5.04. The number of rotatable bonds is 2. The number of halogens is 1. The molecule has 0 saturated carbocycles. The van der Waals surface area contributed by atoms with Gasteiger partial charge in [-0.3, -0.25) is 4.98 Å². The molecule has 3 heteroatoms. The van der Waals surface area contributed by atoms with Crippen molar-refractivity contribution in [2.45, 2.75) is 13.0 Å². The lowest BCUT2D eigenvalue weighted by atomic mass is 10.0. The molecule has 82 valence electrons. The molecule has 0 saturated heterocycles. The lowest BCUT2D eigenvalue weighted by Gasteiger charge is -2.12. The summed E-state index contributed by atoms with van der Waals surface area (Å²) in [6.45, 7) is 1.61. The fourth-order valence-electron chi connectivity index (χ4n) is 1.60. The Morgan fingerprint density at radius 1 is 1.19 bits per heavy atom. The molecule has 0 amide bonds. The van der Waals surface area contributed by atoms with E-state index in [9.17, 15) is 9.50 Å². The number of aromatic nitrogens is 1. The Morgan fingerprint density at radius 3 is 2.56 bits per heavy atom. The Balaban J connectivity index is 2.42. The Hall–Kier alpha value is -1.74. The highest BCUT2D eigenvalue weighted by atomic mass is 19.1. The number of hydrogen-bond donors (Lipinski definition) is 1. The van der Waals surface area contributed by atoms with Crippen molar-refractivity contribution in [3.63, 3.8) is 0 Å². The molecule has 1 heterocycles. The Kier molecular flexibility index (Phi) is 2.97. The van der Waals surface area contributed by atoms with Gasteiger partial charge < -0.3 is 5.11 Å². The van der Waals surface area contributed by atoms with E-state index in [-0.39, 0.29) is 5.82 Å². The summed E-state index contributed by atoms with van der Waals surface area (Å²) in [5, 5.41) is 10.1. The van der Waals surface area contributed by atoms with Crippen LogP contribution in [0.1, 0.15) is 22.9 Å². The average Bonchev–Trinajstić information content (AvgIpc) is 2.33. The van der Waals surface area contributed by atoms with Crippen LogP contribution in [-0.4, -0.2) is 10.1 Å². The van der Waals surface area contributed by atoms with Crippen molar-refractivity contribution in [3.05, 3.63) is 65.2 Å². The van der Waals surface area contributed by atoms with Crippen molar-refractivity contribution in [2.75, 3.05) is 0 Å². The van der Waals surface area contributed by atoms with Crippen LogP contribution in [0.2, 0.25) is 0 Å². The highest BCUT2D eigenvalue weighted by Gasteiger charge is 2.15. The van der Waals surface area contributed by atoms with E-state index < -0.39 is 6.10 Å². The number of hydrogen-bond acceptors (Lipinski definition) is 2. The monoisotopic (exact) mass is 217 g/mol. The van der Waals surface area contributed by atoms with E-state index in [1.807, 2.05) is 18.2 Å². The topological polar surface area (TPSA) is 33.1 Å². The molecule has 0 aliphatic rings. The van der Waals surface area contributed by atoms with Crippen molar-refractivity contribution in [1.29, 1.82) is 0 Å². The summed E-state index contributed by atoms with van der Waals surface area (Å²) in [4.78, 5) is 4.03. The van der Waals surface area contributed by atoms with E-state index in [0.717, 1.165) is 0 Å². The van der Waals surface area contributed by atoms with Gasteiger partial charge in [-0.25, -0.2) is 4.39 Å². The molecule has 0 radical (unpaired) electrons. The van der Waals surface area contributed by atoms with E-state index in [4.69, 9.17) is 0 Å². The van der Waals surface area contributed by atoms with E-state index in [2.05, 4.69) is 4.98 Å². The van der Waals surface area contributed by atoms with Crippen LogP contribution in [0.5, 0.6) is 0 Å². The van der Waals surface area contributed by atoms with Crippen LogP contribution in [0.4, 0.5) is 4.39 Å². The van der Waals surface area contributed by atoms with Crippen molar-refractivity contribution in [3.8, 4) is 0 Å². The summed E-state index contributed by atoms with van der Waals surface area (Å²) in [6.07, 6.45) is 0.487. The quantitative estimate of drug-likeness (QED) is 0.838. The fraction of sp³-hybridized carbons (Fsp3) is 0.154. The van der Waals surface area contributed by atoms with Crippen LogP contribution in [0.3, 0.4) is 0 Å². The summed E-state index contributed by atoms with van der Waals surface area (Å²) in [7, 11) is 0. The first kappa shape index (κ1) is 10.8. The van der Waals surface area contributed by atoms with Gasteiger partial charge in [0, 0.05) is 11.8 Å². The smallest absolute Gasteiger partial charge is 0.129 e. The Labute approximate surface area is 93.4 Å².